The van der Waals surface area contributed by atoms with Gasteiger partial charge in [0.15, 0.2) is 0 Å². The molecule has 162 valence electrons. The highest BCUT2D eigenvalue weighted by Gasteiger charge is 2.41. The smallest absolute Gasteiger partial charge is 0.256 e. The van der Waals surface area contributed by atoms with Crippen molar-refractivity contribution in [3.63, 3.8) is 0 Å². The molecule has 3 rings (SSSR count). The maximum Gasteiger partial charge on any atom is 0.256 e. The van der Waals surface area contributed by atoms with E-state index in [0.29, 0.717) is 12.0 Å². The van der Waals surface area contributed by atoms with Gasteiger partial charge in [0.25, 0.3) is 5.91 Å². The number of anilines is 1. The van der Waals surface area contributed by atoms with E-state index < -0.39 is 5.60 Å². The van der Waals surface area contributed by atoms with E-state index in [1.165, 1.54) is 32.2 Å². The maximum atomic E-state index is 12.9. The number of nitrogens with one attached hydrogen (secondary N) is 1. The molecule has 1 saturated carbocycles. The first-order valence-corrected chi connectivity index (χ1v) is 11.4. The molecule has 1 saturated heterocycles. The fourth-order valence-electron chi connectivity index (χ4n) is 4.81. The number of likely N-dealkylation sites (tertiary alicyclic amines) is 1. The molecule has 1 aliphatic carbocycles. The Labute approximate surface area is 176 Å². The van der Waals surface area contributed by atoms with Gasteiger partial charge in [0.2, 0.25) is 0 Å². The molecule has 0 radical (unpaired) electrons. The quantitative estimate of drug-likeness (QED) is 0.631. The van der Waals surface area contributed by atoms with Gasteiger partial charge in [-0.05, 0) is 82.2 Å². The third kappa shape index (κ3) is 5.95. The van der Waals surface area contributed by atoms with Crippen LogP contribution in [0, 0.1) is 5.92 Å². The van der Waals surface area contributed by atoms with Gasteiger partial charge < -0.3 is 19.7 Å². The number of amides is 1. The van der Waals surface area contributed by atoms with Gasteiger partial charge in [0, 0.05) is 25.4 Å². The normalized spacial score (nSPS) is 28.1. The van der Waals surface area contributed by atoms with Crippen LogP contribution in [0.3, 0.4) is 0 Å². The van der Waals surface area contributed by atoms with Gasteiger partial charge in [-0.15, -0.1) is 0 Å². The van der Waals surface area contributed by atoms with Crippen LogP contribution in [0.15, 0.2) is 24.3 Å². The van der Waals surface area contributed by atoms with Gasteiger partial charge in [-0.1, -0.05) is 19.8 Å². The molecule has 3 unspecified atom stereocenters. The summed E-state index contributed by atoms with van der Waals surface area (Å²) in [5, 5.41) is 3.04. The average molecular weight is 403 g/mol. The van der Waals surface area contributed by atoms with E-state index in [9.17, 15) is 4.79 Å². The highest BCUT2D eigenvalue weighted by atomic mass is 16.5. The largest absolute Gasteiger partial charge is 0.494 e. The summed E-state index contributed by atoms with van der Waals surface area (Å²) in [5.41, 5.74) is 0.0949. The van der Waals surface area contributed by atoms with E-state index in [4.69, 9.17) is 9.47 Å². The van der Waals surface area contributed by atoms with Crippen LogP contribution < -0.4 is 10.1 Å². The number of hydrogen-bond acceptors (Lipinski definition) is 4. The lowest BCUT2D eigenvalue weighted by atomic mass is 9.78. The van der Waals surface area contributed by atoms with Crippen LogP contribution in [0.1, 0.15) is 65.2 Å². The zero-order chi connectivity index (χ0) is 20.7. The first kappa shape index (κ1) is 22.1. The lowest BCUT2D eigenvalue weighted by molar-refractivity contribution is -0.143. The molecule has 2 fully saturated rings. The third-order valence-corrected chi connectivity index (χ3v) is 6.67. The van der Waals surface area contributed by atoms with Crippen molar-refractivity contribution in [1.82, 2.24) is 4.90 Å². The Hall–Kier alpha value is -1.59. The molecule has 2 aliphatic rings. The molecule has 29 heavy (non-hydrogen) atoms. The van der Waals surface area contributed by atoms with Crippen LogP contribution in [0.25, 0.3) is 0 Å². The number of hydrogen-bond donors (Lipinski definition) is 1. The van der Waals surface area contributed by atoms with Crippen molar-refractivity contribution >= 4 is 11.6 Å². The highest BCUT2D eigenvalue weighted by molar-refractivity contribution is 5.97. The van der Waals surface area contributed by atoms with Crippen LogP contribution in [-0.4, -0.2) is 49.3 Å². The number of benzene rings is 1. The number of carbonyl (C=O) groups excluding carboxylic acids is 1. The fraction of sp³-hybridized carbons (Fsp3) is 0.708. The first-order valence-electron chi connectivity index (χ1n) is 11.4. The topological polar surface area (TPSA) is 50.8 Å². The lowest BCUT2D eigenvalue weighted by Gasteiger charge is -2.37. The van der Waals surface area contributed by atoms with E-state index in [-0.39, 0.29) is 5.91 Å². The van der Waals surface area contributed by atoms with Crippen LogP contribution in [0.4, 0.5) is 5.69 Å². The highest BCUT2D eigenvalue weighted by Crippen LogP contribution is 2.35. The molecule has 5 heteroatoms. The molecule has 0 bridgehead atoms. The molecule has 0 aromatic heterocycles. The Morgan fingerprint density at radius 2 is 1.97 bits per heavy atom. The van der Waals surface area contributed by atoms with Crippen molar-refractivity contribution < 1.29 is 14.3 Å². The van der Waals surface area contributed by atoms with Gasteiger partial charge in [0.05, 0.1) is 6.61 Å². The van der Waals surface area contributed by atoms with E-state index in [0.717, 1.165) is 50.3 Å². The molecule has 3 atom stereocenters. The standard InChI is InChI=1S/C24H38N2O3/c1-19-8-6-14-24(18-19,28-3)23(27)25-21-10-12-22(13-11-21)29-17-7-16-26-15-5-4-9-20(26)2/h10-13,19-20H,4-9,14-18H2,1-3H3,(H,25,27). The van der Waals surface area contributed by atoms with Crippen molar-refractivity contribution in [2.45, 2.75) is 76.9 Å². The molecule has 0 spiro atoms. The maximum absolute atomic E-state index is 12.9. The minimum Gasteiger partial charge on any atom is -0.494 e. The monoisotopic (exact) mass is 402 g/mol. The summed E-state index contributed by atoms with van der Waals surface area (Å²) in [5.74, 6) is 1.33. The Morgan fingerprint density at radius 1 is 1.17 bits per heavy atom. The van der Waals surface area contributed by atoms with Crippen molar-refractivity contribution in [3.05, 3.63) is 24.3 Å². The van der Waals surface area contributed by atoms with Gasteiger partial charge in [-0.3, -0.25) is 4.79 Å². The number of rotatable bonds is 8. The van der Waals surface area contributed by atoms with E-state index in [2.05, 4.69) is 24.1 Å². The minimum absolute atomic E-state index is 0.0316. The second kappa shape index (κ2) is 10.4. The molecule has 5 nitrogen and oxygen atoms in total. The predicted molar refractivity (Wildman–Crippen MR) is 117 cm³/mol. The second-order valence-corrected chi connectivity index (χ2v) is 8.96. The average Bonchev–Trinajstić information content (AvgIpc) is 2.73. The third-order valence-electron chi connectivity index (χ3n) is 6.67. The number of nitrogens with zero attached hydrogens (tertiary/aromatic N) is 1. The Balaban J connectivity index is 1.44. The van der Waals surface area contributed by atoms with Gasteiger partial charge in [0.1, 0.15) is 11.4 Å². The second-order valence-electron chi connectivity index (χ2n) is 8.96. The van der Waals surface area contributed by atoms with Crippen molar-refractivity contribution in [1.29, 1.82) is 0 Å². The number of methoxy groups -OCH3 is 1. The fourth-order valence-corrected chi connectivity index (χ4v) is 4.81. The van der Waals surface area contributed by atoms with Gasteiger partial charge in [-0.25, -0.2) is 0 Å². The molecule has 1 N–H and O–H groups in total. The Morgan fingerprint density at radius 3 is 2.66 bits per heavy atom. The van der Waals surface area contributed by atoms with E-state index in [1.54, 1.807) is 7.11 Å². The summed E-state index contributed by atoms with van der Waals surface area (Å²) < 4.78 is 11.6. The van der Waals surface area contributed by atoms with Crippen LogP contribution >= 0.6 is 0 Å². The van der Waals surface area contributed by atoms with E-state index >= 15 is 0 Å². The van der Waals surface area contributed by atoms with Crippen LogP contribution in [0.2, 0.25) is 0 Å². The first-order chi connectivity index (χ1) is 14.0. The van der Waals surface area contributed by atoms with Gasteiger partial charge >= 0.3 is 0 Å². The molecule has 1 amide bonds. The summed E-state index contributed by atoms with van der Waals surface area (Å²) in [7, 11) is 1.65. The molecular formula is C24H38N2O3. The Kier molecular flexibility index (Phi) is 7.96. The molecular weight excluding hydrogens is 364 g/mol. The molecule has 1 heterocycles. The lowest BCUT2D eigenvalue weighted by Crippen LogP contribution is -2.47. The number of piperidine rings is 1. The van der Waals surface area contributed by atoms with Crippen LogP contribution in [0.5, 0.6) is 5.75 Å². The van der Waals surface area contributed by atoms with Crippen molar-refractivity contribution in [2.24, 2.45) is 5.92 Å². The molecule has 1 aliphatic heterocycles. The summed E-state index contributed by atoms with van der Waals surface area (Å²) in [4.78, 5) is 15.4. The van der Waals surface area contributed by atoms with E-state index in [1.807, 2.05) is 24.3 Å². The minimum atomic E-state index is -0.696. The van der Waals surface area contributed by atoms with Crippen molar-refractivity contribution in [2.75, 3.05) is 32.1 Å². The summed E-state index contributed by atoms with van der Waals surface area (Å²) in [6.45, 7) is 7.57. The summed E-state index contributed by atoms with van der Waals surface area (Å²) in [6.07, 6.45) is 8.81. The van der Waals surface area contributed by atoms with Crippen LogP contribution in [-0.2, 0) is 9.53 Å². The Bertz CT molecular complexity index is 648. The summed E-state index contributed by atoms with van der Waals surface area (Å²) >= 11 is 0. The zero-order valence-electron chi connectivity index (χ0n) is 18.4. The zero-order valence-corrected chi connectivity index (χ0v) is 18.4. The van der Waals surface area contributed by atoms with Crippen molar-refractivity contribution in [3.8, 4) is 5.75 Å². The molecule has 1 aromatic carbocycles. The summed E-state index contributed by atoms with van der Waals surface area (Å²) in [6, 6.07) is 8.39. The molecule has 1 aromatic rings. The number of carbonyl (C=O) groups is 1. The number of ether oxygens (including phenoxy) is 2. The SMILES string of the molecule is COC1(C(=O)Nc2ccc(OCCCN3CCCCC3C)cc2)CCCC(C)C1. The predicted octanol–water partition coefficient (Wildman–Crippen LogP) is 4.86. The van der Waals surface area contributed by atoms with Gasteiger partial charge in [-0.2, -0.15) is 0 Å².